The Kier molecular flexibility index (Phi) is 2.39. The zero-order chi connectivity index (χ0) is 11.9. The number of aromatic nitrogens is 3. The number of aliphatic hydroxyl groups is 1. The Balaban J connectivity index is 1.60. The molecule has 1 aliphatic carbocycles. The topological polar surface area (TPSA) is 82.1 Å². The van der Waals surface area contributed by atoms with Crippen molar-refractivity contribution in [1.29, 1.82) is 0 Å². The smallest absolute Gasteiger partial charge is 0.276 e. The Morgan fingerprint density at radius 1 is 1.47 bits per heavy atom. The van der Waals surface area contributed by atoms with E-state index in [0.717, 1.165) is 25.7 Å². The standard InChI is InChI=1S/C11H16N4O2/c16-10(9-7-12-14-13-9)15-5-1-8(2-6-15)11(17)3-4-11/h7-8,17H,1-6H2,(H,12,13,14). The zero-order valence-electron chi connectivity index (χ0n) is 9.59. The summed E-state index contributed by atoms with van der Waals surface area (Å²) < 4.78 is 0. The van der Waals surface area contributed by atoms with Crippen LogP contribution in [0, 0.1) is 5.92 Å². The molecule has 2 N–H and O–H groups in total. The van der Waals surface area contributed by atoms with Crippen LogP contribution < -0.4 is 0 Å². The monoisotopic (exact) mass is 236 g/mol. The highest BCUT2D eigenvalue weighted by Gasteiger charge is 2.48. The molecule has 6 heteroatoms. The van der Waals surface area contributed by atoms with Crippen molar-refractivity contribution in [3.05, 3.63) is 11.9 Å². The van der Waals surface area contributed by atoms with E-state index in [0.29, 0.717) is 24.7 Å². The van der Waals surface area contributed by atoms with Gasteiger partial charge in [-0.15, -0.1) is 0 Å². The summed E-state index contributed by atoms with van der Waals surface area (Å²) in [5.74, 6) is 0.295. The molecular weight excluding hydrogens is 220 g/mol. The van der Waals surface area contributed by atoms with Crippen LogP contribution in [0.5, 0.6) is 0 Å². The fraction of sp³-hybridized carbons (Fsp3) is 0.727. The van der Waals surface area contributed by atoms with E-state index in [2.05, 4.69) is 15.4 Å². The molecule has 1 aliphatic heterocycles. The minimum absolute atomic E-state index is 0.0695. The molecule has 1 aromatic rings. The summed E-state index contributed by atoms with van der Waals surface area (Å²) >= 11 is 0. The van der Waals surface area contributed by atoms with Gasteiger partial charge in [0.2, 0.25) is 0 Å². The lowest BCUT2D eigenvalue weighted by molar-refractivity contribution is 0.0338. The normalized spacial score (nSPS) is 23.7. The zero-order valence-corrected chi connectivity index (χ0v) is 9.59. The van der Waals surface area contributed by atoms with Crippen LogP contribution in [0.3, 0.4) is 0 Å². The van der Waals surface area contributed by atoms with Crippen molar-refractivity contribution in [3.63, 3.8) is 0 Å². The highest BCUT2D eigenvalue weighted by Crippen LogP contribution is 2.46. The third-order valence-electron chi connectivity index (χ3n) is 3.94. The van der Waals surface area contributed by atoms with Crippen molar-refractivity contribution in [3.8, 4) is 0 Å². The van der Waals surface area contributed by atoms with E-state index in [4.69, 9.17) is 0 Å². The van der Waals surface area contributed by atoms with Crippen LogP contribution in [-0.4, -0.2) is 50.0 Å². The summed E-state index contributed by atoms with van der Waals surface area (Å²) in [6.07, 6.45) is 5.08. The van der Waals surface area contributed by atoms with E-state index in [1.165, 1.54) is 6.20 Å². The molecule has 0 aromatic carbocycles. The van der Waals surface area contributed by atoms with Gasteiger partial charge < -0.3 is 10.0 Å². The van der Waals surface area contributed by atoms with Crippen molar-refractivity contribution in [2.75, 3.05) is 13.1 Å². The molecule has 2 aliphatic rings. The van der Waals surface area contributed by atoms with Crippen LogP contribution >= 0.6 is 0 Å². The summed E-state index contributed by atoms with van der Waals surface area (Å²) in [6, 6.07) is 0. The van der Waals surface area contributed by atoms with E-state index in [9.17, 15) is 9.90 Å². The number of rotatable bonds is 2. The van der Waals surface area contributed by atoms with Crippen molar-refractivity contribution in [2.45, 2.75) is 31.3 Å². The van der Waals surface area contributed by atoms with Gasteiger partial charge in [0.15, 0.2) is 5.69 Å². The first kappa shape index (κ1) is 10.7. The van der Waals surface area contributed by atoms with Gasteiger partial charge in [0.25, 0.3) is 5.91 Å². The highest BCUT2D eigenvalue weighted by molar-refractivity contribution is 5.91. The first-order chi connectivity index (χ1) is 8.19. The summed E-state index contributed by atoms with van der Waals surface area (Å²) in [7, 11) is 0. The number of amides is 1. The molecule has 0 atom stereocenters. The van der Waals surface area contributed by atoms with Crippen molar-refractivity contribution >= 4 is 5.91 Å². The first-order valence-electron chi connectivity index (χ1n) is 6.06. The molecule has 1 saturated carbocycles. The van der Waals surface area contributed by atoms with Gasteiger partial charge in [-0.1, -0.05) is 0 Å². The molecule has 1 amide bonds. The lowest BCUT2D eigenvalue weighted by Crippen LogP contribution is -2.42. The van der Waals surface area contributed by atoms with Gasteiger partial charge >= 0.3 is 0 Å². The molecule has 92 valence electrons. The van der Waals surface area contributed by atoms with Crippen LogP contribution in [0.1, 0.15) is 36.2 Å². The fourth-order valence-corrected chi connectivity index (χ4v) is 2.62. The summed E-state index contributed by atoms with van der Waals surface area (Å²) in [4.78, 5) is 13.8. The molecule has 6 nitrogen and oxygen atoms in total. The second-order valence-corrected chi connectivity index (χ2v) is 5.03. The molecule has 1 aromatic heterocycles. The number of hydrogen-bond acceptors (Lipinski definition) is 4. The SMILES string of the molecule is O=C(c1cn[nH]n1)N1CCC(C2(O)CC2)CC1. The Hall–Kier alpha value is -1.43. The second kappa shape index (κ2) is 3.80. The minimum atomic E-state index is -0.414. The Morgan fingerprint density at radius 2 is 2.18 bits per heavy atom. The highest BCUT2D eigenvalue weighted by atomic mass is 16.3. The largest absolute Gasteiger partial charge is 0.390 e. The number of carbonyl (C=O) groups is 1. The third kappa shape index (κ3) is 1.93. The molecule has 0 radical (unpaired) electrons. The van der Waals surface area contributed by atoms with E-state index in [-0.39, 0.29) is 5.91 Å². The number of hydrogen-bond donors (Lipinski definition) is 2. The van der Waals surface area contributed by atoms with Gasteiger partial charge in [-0.2, -0.15) is 15.4 Å². The summed E-state index contributed by atoms with van der Waals surface area (Å²) in [5.41, 5.74) is -0.0446. The van der Waals surface area contributed by atoms with Gasteiger partial charge in [-0.25, -0.2) is 0 Å². The maximum Gasteiger partial charge on any atom is 0.276 e. The Morgan fingerprint density at radius 3 is 2.71 bits per heavy atom. The maximum atomic E-state index is 12.0. The third-order valence-corrected chi connectivity index (χ3v) is 3.94. The fourth-order valence-electron chi connectivity index (χ4n) is 2.62. The second-order valence-electron chi connectivity index (χ2n) is 5.03. The Bertz CT molecular complexity index is 405. The molecule has 0 spiro atoms. The van der Waals surface area contributed by atoms with Gasteiger partial charge in [0.05, 0.1) is 11.8 Å². The summed E-state index contributed by atoms with van der Waals surface area (Å²) in [5, 5.41) is 19.9. The number of nitrogens with zero attached hydrogens (tertiary/aromatic N) is 3. The predicted molar refractivity (Wildman–Crippen MR) is 59.2 cm³/mol. The number of H-pyrrole nitrogens is 1. The quantitative estimate of drug-likeness (QED) is 0.767. The van der Waals surface area contributed by atoms with Crippen molar-refractivity contribution in [1.82, 2.24) is 20.3 Å². The summed E-state index contributed by atoms with van der Waals surface area (Å²) in [6.45, 7) is 1.41. The molecule has 1 saturated heterocycles. The van der Waals surface area contributed by atoms with Crippen LogP contribution in [-0.2, 0) is 0 Å². The van der Waals surface area contributed by atoms with Crippen LogP contribution in [0.2, 0.25) is 0 Å². The molecule has 0 unspecified atom stereocenters. The number of carbonyl (C=O) groups excluding carboxylic acids is 1. The molecule has 0 bridgehead atoms. The van der Waals surface area contributed by atoms with E-state index in [1.807, 2.05) is 0 Å². The number of piperidine rings is 1. The number of aromatic amines is 1. The lowest BCUT2D eigenvalue weighted by atomic mass is 9.89. The van der Waals surface area contributed by atoms with E-state index < -0.39 is 5.60 Å². The first-order valence-corrected chi connectivity index (χ1v) is 6.06. The lowest BCUT2D eigenvalue weighted by Gasteiger charge is -2.34. The van der Waals surface area contributed by atoms with E-state index in [1.54, 1.807) is 4.90 Å². The van der Waals surface area contributed by atoms with Crippen LogP contribution in [0.4, 0.5) is 0 Å². The van der Waals surface area contributed by atoms with Crippen LogP contribution in [0.25, 0.3) is 0 Å². The molecule has 2 heterocycles. The minimum Gasteiger partial charge on any atom is -0.390 e. The molecule has 2 fully saturated rings. The van der Waals surface area contributed by atoms with E-state index >= 15 is 0 Å². The average molecular weight is 236 g/mol. The molecule has 17 heavy (non-hydrogen) atoms. The van der Waals surface area contributed by atoms with Gasteiger partial charge in [-0.3, -0.25) is 4.79 Å². The Labute approximate surface area is 99.0 Å². The van der Waals surface area contributed by atoms with Gasteiger partial charge in [-0.05, 0) is 31.6 Å². The predicted octanol–water partition coefficient (Wildman–Crippen LogP) is 0.182. The van der Waals surface area contributed by atoms with Crippen molar-refractivity contribution < 1.29 is 9.90 Å². The average Bonchev–Trinajstić information content (AvgIpc) is 2.91. The molecule has 3 rings (SSSR count). The molecular formula is C11H16N4O2. The van der Waals surface area contributed by atoms with Crippen molar-refractivity contribution in [2.24, 2.45) is 5.92 Å². The van der Waals surface area contributed by atoms with Crippen LogP contribution in [0.15, 0.2) is 6.20 Å². The van der Waals surface area contributed by atoms with Gasteiger partial charge in [0, 0.05) is 13.1 Å². The number of likely N-dealkylation sites (tertiary alicyclic amines) is 1. The number of nitrogens with one attached hydrogen (secondary N) is 1. The maximum absolute atomic E-state index is 12.0. The van der Waals surface area contributed by atoms with Gasteiger partial charge in [0.1, 0.15) is 0 Å².